The van der Waals surface area contributed by atoms with Crippen molar-refractivity contribution in [2.45, 2.75) is 19.3 Å². The summed E-state index contributed by atoms with van der Waals surface area (Å²) < 4.78 is 6.78. The molecule has 0 saturated heterocycles. The van der Waals surface area contributed by atoms with Crippen molar-refractivity contribution in [3.63, 3.8) is 0 Å². The lowest BCUT2D eigenvalue weighted by molar-refractivity contribution is 0.380. The van der Waals surface area contributed by atoms with Crippen LogP contribution < -0.4 is 4.74 Å². The van der Waals surface area contributed by atoms with Crippen molar-refractivity contribution < 1.29 is 4.74 Å². The number of methoxy groups -OCH3 is 1. The second kappa shape index (κ2) is 3.16. The highest BCUT2D eigenvalue weighted by molar-refractivity contribution is 7.19. The minimum absolute atomic E-state index is 0.400. The Bertz CT molecular complexity index is 730. The van der Waals surface area contributed by atoms with Gasteiger partial charge in [-0.1, -0.05) is 0 Å². The molecule has 0 fully saturated rings. The summed E-state index contributed by atoms with van der Waals surface area (Å²) in [6.07, 6.45) is 5.25. The molecule has 17 heavy (non-hydrogen) atoms. The fourth-order valence-corrected chi connectivity index (χ4v) is 3.68. The molecule has 3 heterocycles. The number of hydrogen-bond donors (Lipinski definition) is 0. The highest BCUT2D eigenvalue weighted by Crippen LogP contribution is 2.37. The van der Waals surface area contributed by atoms with Gasteiger partial charge in [-0.25, -0.2) is 4.98 Å². The lowest BCUT2D eigenvalue weighted by Crippen LogP contribution is -1.90. The van der Waals surface area contributed by atoms with Crippen LogP contribution >= 0.6 is 11.3 Å². The van der Waals surface area contributed by atoms with Crippen LogP contribution in [0.15, 0.2) is 6.33 Å². The zero-order chi connectivity index (χ0) is 11.4. The first kappa shape index (κ1) is 9.35. The van der Waals surface area contributed by atoms with E-state index in [0.717, 1.165) is 16.9 Å². The number of hydrogen-bond acceptors (Lipinski definition) is 5. The smallest absolute Gasteiger partial charge is 0.336 e. The Hall–Kier alpha value is -1.69. The Balaban J connectivity index is 2.17. The summed E-state index contributed by atoms with van der Waals surface area (Å²) in [5.41, 5.74) is 2.28. The van der Waals surface area contributed by atoms with E-state index in [2.05, 4.69) is 15.1 Å². The number of ether oxygens (including phenoxy) is 1. The molecule has 0 aromatic carbocycles. The van der Waals surface area contributed by atoms with Crippen LogP contribution in [0.1, 0.15) is 16.9 Å². The van der Waals surface area contributed by atoms with Gasteiger partial charge in [0.05, 0.1) is 12.5 Å². The molecule has 0 bridgehead atoms. The molecule has 6 heteroatoms. The monoisotopic (exact) mass is 246 g/mol. The van der Waals surface area contributed by atoms with Gasteiger partial charge in [0.25, 0.3) is 0 Å². The molecule has 3 aromatic rings. The molecule has 0 saturated carbocycles. The summed E-state index contributed by atoms with van der Waals surface area (Å²) in [6.45, 7) is 0. The molecule has 0 amide bonds. The predicted octanol–water partition coefficient (Wildman–Crippen LogP) is 1.84. The first-order valence-corrected chi connectivity index (χ1v) is 6.38. The summed E-state index contributed by atoms with van der Waals surface area (Å²) in [5, 5.41) is 5.38. The van der Waals surface area contributed by atoms with E-state index in [0.29, 0.717) is 6.01 Å². The Morgan fingerprint density at radius 1 is 1.41 bits per heavy atom. The van der Waals surface area contributed by atoms with Crippen LogP contribution in [0.25, 0.3) is 15.9 Å². The van der Waals surface area contributed by atoms with Gasteiger partial charge in [0.2, 0.25) is 0 Å². The third kappa shape index (κ3) is 1.16. The molecule has 1 aliphatic rings. The average molecular weight is 246 g/mol. The van der Waals surface area contributed by atoms with E-state index in [1.807, 2.05) is 0 Å². The Labute approximate surface area is 101 Å². The minimum atomic E-state index is 0.400. The first-order chi connectivity index (χ1) is 8.36. The lowest BCUT2D eigenvalue weighted by Gasteiger charge is -1.94. The topological polar surface area (TPSA) is 52.3 Å². The van der Waals surface area contributed by atoms with Crippen LogP contribution in [-0.2, 0) is 12.8 Å². The third-order valence-corrected chi connectivity index (χ3v) is 4.40. The van der Waals surface area contributed by atoms with Crippen molar-refractivity contribution >= 4 is 27.2 Å². The molecule has 0 unspecified atom stereocenters. The predicted molar refractivity (Wildman–Crippen MR) is 64.7 cm³/mol. The van der Waals surface area contributed by atoms with Gasteiger partial charge in [-0.3, -0.25) is 0 Å². The van der Waals surface area contributed by atoms with Gasteiger partial charge in [-0.05, 0) is 24.8 Å². The van der Waals surface area contributed by atoms with Gasteiger partial charge >= 0.3 is 6.01 Å². The number of aromatic nitrogens is 4. The number of aryl methyl sites for hydroxylation is 2. The van der Waals surface area contributed by atoms with E-state index >= 15 is 0 Å². The normalized spacial score (nSPS) is 14.6. The van der Waals surface area contributed by atoms with Crippen LogP contribution in [0, 0.1) is 0 Å². The van der Waals surface area contributed by atoms with E-state index < -0.39 is 0 Å². The van der Waals surface area contributed by atoms with E-state index in [9.17, 15) is 0 Å². The Kier molecular flexibility index (Phi) is 1.74. The van der Waals surface area contributed by atoms with Gasteiger partial charge < -0.3 is 4.74 Å². The molecule has 0 N–H and O–H groups in total. The molecule has 0 atom stereocenters. The third-order valence-electron chi connectivity index (χ3n) is 3.21. The Morgan fingerprint density at radius 3 is 3.24 bits per heavy atom. The second-order valence-electron chi connectivity index (χ2n) is 4.15. The van der Waals surface area contributed by atoms with Crippen molar-refractivity contribution in [2.24, 2.45) is 0 Å². The number of fused-ring (bicyclic) bond motifs is 5. The molecular weight excluding hydrogens is 236 g/mol. The molecule has 86 valence electrons. The molecule has 0 spiro atoms. The van der Waals surface area contributed by atoms with Gasteiger partial charge in [0.15, 0.2) is 5.65 Å². The van der Waals surface area contributed by atoms with Crippen molar-refractivity contribution in [3.05, 3.63) is 16.8 Å². The Morgan fingerprint density at radius 2 is 2.35 bits per heavy atom. The van der Waals surface area contributed by atoms with E-state index in [1.165, 1.54) is 28.7 Å². The van der Waals surface area contributed by atoms with Crippen molar-refractivity contribution in [2.75, 3.05) is 7.11 Å². The standard InChI is InChI=1S/C11H10N4OS/c1-16-11-13-9-8-6-3-2-4-7(6)17-10(8)12-5-15(9)14-11/h5H,2-4H2,1H3. The minimum Gasteiger partial charge on any atom is -0.466 e. The average Bonchev–Trinajstić information content (AvgIpc) is 2.99. The molecule has 3 aromatic heterocycles. The maximum atomic E-state index is 5.08. The lowest BCUT2D eigenvalue weighted by atomic mass is 10.2. The number of nitrogens with zero attached hydrogens (tertiary/aromatic N) is 4. The zero-order valence-corrected chi connectivity index (χ0v) is 10.1. The van der Waals surface area contributed by atoms with Crippen LogP contribution in [0.4, 0.5) is 0 Å². The summed E-state index contributed by atoms with van der Waals surface area (Å²) >= 11 is 1.79. The maximum absolute atomic E-state index is 5.08. The molecular formula is C11H10N4OS. The SMILES string of the molecule is COc1nc2c3c4c(sc3ncn2n1)CCC4. The fraction of sp³-hybridized carbons (Fsp3) is 0.364. The van der Waals surface area contributed by atoms with Crippen molar-refractivity contribution in [3.8, 4) is 6.01 Å². The maximum Gasteiger partial charge on any atom is 0.336 e. The van der Waals surface area contributed by atoms with Crippen LogP contribution in [0.3, 0.4) is 0 Å². The quantitative estimate of drug-likeness (QED) is 0.657. The van der Waals surface area contributed by atoms with Crippen LogP contribution in [0.5, 0.6) is 6.01 Å². The fourth-order valence-electron chi connectivity index (χ4n) is 2.46. The molecule has 0 aliphatic heterocycles. The molecule has 1 aliphatic carbocycles. The molecule has 5 nitrogen and oxygen atoms in total. The highest BCUT2D eigenvalue weighted by atomic mass is 32.1. The van der Waals surface area contributed by atoms with Crippen LogP contribution in [-0.4, -0.2) is 26.7 Å². The van der Waals surface area contributed by atoms with E-state index in [1.54, 1.807) is 29.3 Å². The second-order valence-corrected chi connectivity index (χ2v) is 5.23. The molecule has 4 rings (SSSR count). The van der Waals surface area contributed by atoms with Crippen LogP contribution in [0.2, 0.25) is 0 Å². The summed E-state index contributed by atoms with van der Waals surface area (Å²) in [7, 11) is 1.58. The number of thiophene rings is 1. The summed E-state index contributed by atoms with van der Waals surface area (Å²) in [4.78, 5) is 11.4. The van der Waals surface area contributed by atoms with Gasteiger partial charge in [0.1, 0.15) is 11.2 Å². The first-order valence-electron chi connectivity index (χ1n) is 5.56. The van der Waals surface area contributed by atoms with Gasteiger partial charge in [-0.2, -0.15) is 9.50 Å². The van der Waals surface area contributed by atoms with Gasteiger partial charge in [-0.15, -0.1) is 16.4 Å². The van der Waals surface area contributed by atoms with E-state index in [-0.39, 0.29) is 0 Å². The molecule has 0 radical (unpaired) electrons. The van der Waals surface area contributed by atoms with Gasteiger partial charge in [0, 0.05) is 4.88 Å². The summed E-state index contributed by atoms with van der Waals surface area (Å²) in [6, 6.07) is 0.400. The van der Waals surface area contributed by atoms with Crippen molar-refractivity contribution in [1.29, 1.82) is 0 Å². The van der Waals surface area contributed by atoms with E-state index in [4.69, 9.17) is 4.74 Å². The largest absolute Gasteiger partial charge is 0.466 e. The highest BCUT2D eigenvalue weighted by Gasteiger charge is 2.21. The number of rotatable bonds is 1. The summed E-state index contributed by atoms with van der Waals surface area (Å²) in [5.74, 6) is 0. The zero-order valence-electron chi connectivity index (χ0n) is 9.30. The van der Waals surface area contributed by atoms with Crippen molar-refractivity contribution in [1.82, 2.24) is 19.6 Å².